The zero-order chi connectivity index (χ0) is 27.0. The van der Waals surface area contributed by atoms with Gasteiger partial charge < -0.3 is 10.2 Å². The van der Waals surface area contributed by atoms with Crippen molar-refractivity contribution in [3.63, 3.8) is 0 Å². The van der Waals surface area contributed by atoms with Crippen LogP contribution in [0.3, 0.4) is 0 Å². The Kier molecular flexibility index (Phi) is 7.95. The number of piperazine rings is 1. The van der Waals surface area contributed by atoms with Gasteiger partial charge in [0.1, 0.15) is 13.0 Å². The van der Waals surface area contributed by atoms with E-state index in [0.29, 0.717) is 17.1 Å². The van der Waals surface area contributed by atoms with E-state index in [2.05, 4.69) is 36.0 Å². The normalized spacial score (nSPS) is 21.1. The van der Waals surface area contributed by atoms with E-state index in [1.54, 1.807) is 6.33 Å². The molecule has 2 aromatic heterocycles. The minimum Gasteiger partial charge on any atom is -0.321 e. The summed E-state index contributed by atoms with van der Waals surface area (Å²) in [7, 11) is 0. The molecule has 5 rings (SSSR count). The lowest BCUT2D eigenvalue weighted by molar-refractivity contribution is -0.131. The second kappa shape index (κ2) is 11.2. The smallest absolute Gasteiger partial charge is 0.321 e. The third-order valence-corrected chi connectivity index (χ3v) is 8.81. The number of hydrogen-bond donors (Lipinski definition) is 1. The highest BCUT2D eigenvalue weighted by atomic mass is 35.5. The van der Waals surface area contributed by atoms with E-state index >= 15 is 0 Å². The molecule has 2 fully saturated rings. The van der Waals surface area contributed by atoms with E-state index in [1.807, 2.05) is 18.2 Å². The van der Waals surface area contributed by atoms with Crippen LogP contribution < -0.4 is 5.32 Å². The number of aryl methyl sites for hydroxylation is 1. The van der Waals surface area contributed by atoms with Crippen molar-refractivity contribution in [3.8, 4) is 11.3 Å². The summed E-state index contributed by atoms with van der Waals surface area (Å²) in [4.78, 5) is 40.5. The number of hydrogen-bond acceptors (Lipinski definition) is 7. The van der Waals surface area contributed by atoms with Crippen molar-refractivity contribution in [2.24, 2.45) is 0 Å². The van der Waals surface area contributed by atoms with Crippen molar-refractivity contribution in [1.82, 2.24) is 30.0 Å². The zero-order valence-electron chi connectivity index (χ0n) is 21.8. The fourth-order valence-electron chi connectivity index (χ4n) is 5.39. The van der Waals surface area contributed by atoms with Gasteiger partial charge in [0.25, 0.3) is 0 Å². The number of rotatable bonds is 7. The van der Waals surface area contributed by atoms with Crippen LogP contribution in [0.25, 0.3) is 21.5 Å². The Morgan fingerprint density at radius 3 is 2.63 bits per heavy atom. The van der Waals surface area contributed by atoms with Gasteiger partial charge in [0.15, 0.2) is 0 Å². The van der Waals surface area contributed by atoms with E-state index in [4.69, 9.17) is 16.6 Å². The number of urea groups is 1. The summed E-state index contributed by atoms with van der Waals surface area (Å²) in [6.45, 7) is 8.93. The van der Waals surface area contributed by atoms with E-state index < -0.39 is 12.7 Å². The highest BCUT2D eigenvalue weighted by molar-refractivity contribution is 7.19. The van der Waals surface area contributed by atoms with Gasteiger partial charge in [-0.1, -0.05) is 11.6 Å². The molecule has 3 amide bonds. The van der Waals surface area contributed by atoms with Crippen LogP contribution in [0.1, 0.15) is 36.3 Å². The molecule has 4 heterocycles. The monoisotopic (exact) mass is 558 g/mol. The number of benzene rings is 1. The zero-order valence-corrected chi connectivity index (χ0v) is 23.4. The van der Waals surface area contributed by atoms with Crippen molar-refractivity contribution < 1.29 is 14.0 Å². The average molecular weight is 559 g/mol. The Morgan fingerprint density at radius 2 is 1.89 bits per heavy atom. The maximum Gasteiger partial charge on any atom is 0.327 e. The van der Waals surface area contributed by atoms with Crippen LogP contribution in [-0.2, 0) is 17.9 Å². The number of halogens is 2. The average Bonchev–Trinajstić information content (AvgIpc) is 3.29. The number of amides is 3. The Labute approximate surface area is 230 Å². The summed E-state index contributed by atoms with van der Waals surface area (Å²) >= 11 is 8.02. The maximum absolute atomic E-state index is 12.9. The Morgan fingerprint density at radius 1 is 1.13 bits per heavy atom. The molecule has 202 valence electrons. The highest BCUT2D eigenvalue weighted by Gasteiger charge is 2.32. The molecule has 0 radical (unpaired) electrons. The lowest BCUT2D eigenvalue weighted by Crippen LogP contribution is -2.54. The number of carbonyl (C=O) groups is 2. The number of imide groups is 1. The minimum atomic E-state index is -0.636. The van der Waals surface area contributed by atoms with Crippen LogP contribution in [0, 0.1) is 6.92 Å². The fourth-order valence-corrected chi connectivity index (χ4v) is 6.77. The molecule has 8 nitrogen and oxygen atoms in total. The molecule has 0 aliphatic carbocycles. The number of thiophene rings is 1. The first-order valence-corrected chi connectivity index (χ1v) is 14.1. The van der Waals surface area contributed by atoms with Gasteiger partial charge in [-0.15, -0.1) is 11.3 Å². The second-order valence-corrected chi connectivity index (χ2v) is 11.7. The van der Waals surface area contributed by atoms with Crippen molar-refractivity contribution in [1.29, 1.82) is 0 Å². The van der Waals surface area contributed by atoms with Gasteiger partial charge in [0.2, 0.25) is 5.91 Å². The fraction of sp³-hybridized carbons (Fsp3) is 0.481. The topological polar surface area (TPSA) is 81.7 Å². The summed E-state index contributed by atoms with van der Waals surface area (Å²) in [6, 6.07) is 6.18. The lowest BCUT2D eigenvalue weighted by Gasteiger charge is -2.40. The molecule has 0 saturated carbocycles. The van der Waals surface area contributed by atoms with Crippen molar-refractivity contribution in [3.05, 3.63) is 45.6 Å². The van der Waals surface area contributed by atoms with Gasteiger partial charge in [-0.2, -0.15) is 0 Å². The summed E-state index contributed by atoms with van der Waals surface area (Å²) in [5.41, 5.74) is 4.78. The maximum atomic E-state index is 12.9. The van der Waals surface area contributed by atoms with Gasteiger partial charge in [-0.3, -0.25) is 14.6 Å². The molecular weight excluding hydrogens is 527 g/mol. The lowest BCUT2D eigenvalue weighted by atomic mass is 9.96. The van der Waals surface area contributed by atoms with Gasteiger partial charge in [0, 0.05) is 60.1 Å². The molecule has 2 saturated heterocycles. The summed E-state index contributed by atoms with van der Waals surface area (Å²) in [5.74, 6) is -0.249. The Hall–Kier alpha value is -2.66. The molecule has 11 heteroatoms. The van der Waals surface area contributed by atoms with Crippen molar-refractivity contribution in [2.45, 2.75) is 52.4 Å². The van der Waals surface area contributed by atoms with Crippen LogP contribution >= 0.6 is 22.9 Å². The van der Waals surface area contributed by atoms with Crippen LogP contribution in [0.4, 0.5) is 9.18 Å². The highest BCUT2D eigenvalue weighted by Crippen LogP contribution is 2.38. The van der Waals surface area contributed by atoms with Gasteiger partial charge in [-0.25, -0.2) is 19.2 Å². The third-order valence-electron chi connectivity index (χ3n) is 7.47. The number of nitrogens with zero attached hydrogens (tertiary/aromatic N) is 5. The molecule has 2 aliphatic rings. The number of alkyl halides is 1. The summed E-state index contributed by atoms with van der Waals surface area (Å²) < 4.78 is 13.8. The number of carbonyl (C=O) groups excluding carboxylic acids is 2. The summed E-state index contributed by atoms with van der Waals surface area (Å²) in [6.07, 6.45) is 1.74. The number of fused-ring (bicyclic) bond motifs is 1. The second-order valence-electron chi connectivity index (χ2n) is 10.1. The first kappa shape index (κ1) is 26.9. The predicted molar refractivity (Wildman–Crippen MR) is 148 cm³/mol. The van der Waals surface area contributed by atoms with Crippen molar-refractivity contribution >= 4 is 45.1 Å². The van der Waals surface area contributed by atoms with E-state index in [-0.39, 0.29) is 32.0 Å². The number of nitrogens with one attached hydrogen (secondary N) is 1. The molecule has 0 unspecified atom stereocenters. The molecule has 2 atom stereocenters. The third kappa shape index (κ3) is 5.27. The minimum absolute atomic E-state index is 0.00807. The van der Waals surface area contributed by atoms with Crippen LogP contribution in [0.5, 0.6) is 0 Å². The Balaban J connectivity index is 1.51. The van der Waals surface area contributed by atoms with Gasteiger partial charge in [-0.05, 0) is 50.1 Å². The molecule has 2 aliphatic heterocycles. The predicted octanol–water partition coefficient (Wildman–Crippen LogP) is 4.63. The first-order chi connectivity index (χ1) is 18.3. The van der Waals surface area contributed by atoms with Crippen LogP contribution in [0.15, 0.2) is 24.5 Å². The molecule has 1 aromatic carbocycles. The van der Waals surface area contributed by atoms with E-state index in [0.717, 1.165) is 51.5 Å². The van der Waals surface area contributed by atoms with Crippen LogP contribution in [-0.4, -0.2) is 81.5 Å². The van der Waals surface area contributed by atoms with Gasteiger partial charge >= 0.3 is 6.03 Å². The Bertz CT molecular complexity index is 1360. The van der Waals surface area contributed by atoms with Gasteiger partial charge in [0.05, 0.1) is 29.0 Å². The van der Waals surface area contributed by atoms with E-state index in [9.17, 15) is 14.0 Å². The standard InChI is InChI=1S/C27H32ClFN6O2S/c1-16-8-19(28)9-21(22(16)14-34-17(2)11-30-12-18(34)3)25-26-23(31-15-32-25)10-20(38-26)13-35-24(36)4-6-33(7-5-29)27(35)37/h8-10,15,17-18,30H,4-7,11-14H2,1-3H3/t17-,18-/m1/s1. The SMILES string of the molecule is Cc1cc(Cl)cc(-c2ncnc3cc(CN4C(=O)CCN(CCF)C4=O)sc23)c1CN1[C@H](C)CNC[C@H]1C. The van der Waals surface area contributed by atoms with Crippen LogP contribution in [0.2, 0.25) is 5.02 Å². The molecule has 3 aromatic rings. The molecule has 0 spiro atoms. The number of aromatic nitrogens is 2. The first-order valence-electron chi connectivity index (χ1n) is 12.9. The van der Waals surface area contributed by atoms with Crippen molar-refractivity contribution in [2.75, 3.05) is 32.9 Å². The molecule has 38 heavy (non-hydrogen) atoms. The summed E-state index contributed by atoms with van der Waals surface area (Å²) in [5, 5.41) is 4.13. The molecular formula is C27H32ClFN6O2S. The molecule has 1 N–H and O–H groups in total. The largest absolute Gasteiger partial charge is 0.327 e. The quantitative estimate of drug-likeness (QED) is 0.455. The van der Waals surface area contributed by atoms with E-state index in [1.165, 1.54) is 26.7 Å². The molecule has 0 bridgehead atoms.